The molecule has 0 aliphatic heterocycles. The zero-order valence-corrected chi connectivity index (χ0v) is 11.9. The summed E-state index contributed by atoms with van der Waals surface area (Å²) in [5, 5.41) is 0. The lowest BCUT2D eigenvalue weighted by Gasteiger charge is -2.30. The maximum atomic E-state index is 12.5. The highest BCUT2D eigenvalue weighted by atomic mass is 16.5. The van der Waals surface area contributed by atoms with Crippen LogP contribution in [0.1, 0.15) is 19.5 Å². The molecule has 0 saturated heterocycles. The van der Waals surface area contributed by atoms with Gasteiger partial charge in [-0.15, -0.1) is 0 Å². The fourth-order valence-electron chi connectivity index (χ4n) is 1.66. The van der Waals surface area contributed by atoms with Gasteiger partial charge in [0.25, 0.3) is 0 Å². The van der Waals surface area contributed by atoms with E-state index < -0.39 is 5.41 Å². The summed E-state index contributed by atoms with van der Waals surface area (Å²) in [5.74, 6) is 0.0257. The van der Waals surface area contributed by atoms with Gasteiger partial charge in [-0.2, -0.15) is 0 Å². The second-order valence-electron chi connectivity index (χ2n) is 5.13. The minimum Gasteiger partial charge on any atom is -0.383 e. The zero-order valence-electron chi connectivity index (χ0n) is 11.9. The molecule has 0 fully saturated rings. The van der Waals surface area contributed by atoms with E-state index in [0.29, 0.717) is 26.2 Å². The van der Waals surface area contributed by atoms with Crippen molar-refractivity contribution in [3.8, 4) is 0 Å². The molecule has 19 heavy (non-hydrogen) atoms. The molecule has 0 aliphatic carbocycles. The minimum absolute atomic E-state index is 0.0257. The summed E-state index contributed by atoms with van der Waals surface area (Å²) < 4.78 is 5.06. The van der Waals surface area contributed by atoms with Crippen LogP contribution in [-0.4, -0.2) is 42.6 Å². The zero-order chi connectivity index (χ0) is 14.3. The Morgan fingerprint density at radius 3 is 2.74 bits per heavy atom. The lowest BCUT2D eigenvalue weighted by Crippen LogP contribution is -2.45. The Kier molecular flexibility index (Phi) is 5.92. The molecule has 5 nitrogen and oxygen atoms in total. The molecule has 1 amide bonds. The highest BCUT2D eigenvalue weighted by molar-refractivity contribution is 5.82. The van der Waals surface area contributed by atoms with Crippen molar-refractivity contribution in [2.75, 3.05) is 26.8 Å². The quantitative estimate of drug-likeness (QED) is 0.800. The Morgan fingerprint density at radius 2 is 2.21 bits per heavy atom. The molecule has 0 bridgehead atoms. The SMILES string of the molecule is COCCN(Cc1ccccn1)C(=O)C(C)(C)CN. The van der Waals surface area contributed by atoms with E-state index in [-0.39, 0.29) is 5.91 Å². The van der Waals surface area contributed by atoms with E-state index in [0.717, 1.165) is 5.69 Å². The Morgan fingerprint density at radius 1 is 1.47 bits per heavy atom. The Hall–Kier alpha value is -1.46. The molecular weight excluding hydrogens is 242 g/mol. The van der Waals surface area contributed by atoms with Crippen LogP contribution in [0.15, 0.2) is 24.4 Å². The summed E-state index contributed by atoms with van der Waals surface area (Å²) in [6, 6.07) is 5.67. The van der Waals surface area contributed by atoms with Crippen LogP contribution in [0.4, 0.5) is 0 Å². The summed E-state index contributed by atoms with van der Waals surface area (Å²) >= 11 is 0. The molecule has 0 radical (unpaired) electrons. The fourth-order valence-corrected chi connectivity index (χ4v) is 1.66. The summed E-state index contributed by atoms with van der Waals surface area (Å²) in [6.45, 7) is 5.54. The van der Waals surface area contributed by atoms with Crippen LogP contribution in [-0.2, 0) is 16.1 Å². The third kappa shape index (κ3) is 4.61. The van der Waals surface area contributed by atoms with Crippen LogP contribution in [0.2, 0.25) is 0 Å². The number of nitrogens with two attached hydrogens (primary N) is 1. The number of amides is 1. The largest absolute Gasteiger partial charge is 0.383 e. The van der Waals surface area contributed by atoms with Gasteiger partial charge in [-0.3, -0.25) is 9.78 Å². The first-order valence-corrected chi connectivity index (χ1v) is 6.39. The standard InChI is InChI=1S/C14H23N3O2/c1-14(2,11-15)13(18)17(8-9-19-3)10-12-6-4-5-7-16-12/h4-7H,8-11,15H2,1-3H3. The monoisotopic (exact) mass is 265 g/mol. The summed E-state index contributed by atoms with van der Waals surface area (Å²) in [7, 11) is 1.62. The van der Waals surface area contributed by atoms with E-state index in [1.165, 1.54) is 0 Å². The number of carbonyl (C=O) groups excluding carboxylic acids is 1. The van der Waals surface area contributed by atoms with Gasteiger partial charge in [0.05, 0.1) is 24.3 Å². The molecule has 1 aromatic rings. The van der Waals surface area contributed by atoms with Crippen molar-refractivity contribution in [3.05, 3.63) is 30.1 Å². The molecule has 106 valence electrons. The smallest absolute Gasteiger partial charge is 0.229 e. The molecule has 1 heterocycles. The highest BCUT2D eigenvalue weighted by Gasteiger charge is 2.30. The number of rotatable bonds is 7. The molecule has 0 atom stereocenters. The van der Waals surface area contributed by atoms with Crippen LogP contribution in [0.5, 0.6) is 0 Å². The molecule has 0 aliphatic rings. The molecular formula is C14H23N3O2. The average Bonchev–Trinajstić information content (AvgIpc) is 2.43. The summed E-state index contributed by atoms with van der Waals surface area (Å²) in [6.07, 6.45) is 1.72. The van der Waals surface area contributed by atoms with Crippen LogP contribution >= 0.6 is 0 Å². The number of ether oxygens (including phenoxy) is 1. The van der Waals surface area contributed by atoms with Crippen molar-refractivity contribution >= 4 is 5.91 Å². The molecule has 0 unspecified atom stereocenters. The maximum absolute atomic E-state index is 12.5. The Labute approximate surface area is 114 Å². The third-order valence-corrected chi connectivity index (χ3v) is 3.02. The molecule has 1 aromatic heterocycles. The van der Waals surface area contributed by atoms with E-state index in [9.17, 15) is 4.79 Å². The van der Waals surface area contributed by atoms with Gasteiger partial charge in [-0.05, 0) is 26.0 Å². The number of carbonyl (C=O) groups is 1. The summed E-state index contributed by atoms with van der Waals surface area (Å²) in [5.41, 5.74) is 5.97. The molecule has 2 N–H and O–H groups in total. The predicted molar refractivity (Wildman–Crippen MR) is 74.4 cm³/mol. The Balaban J connectivity index is 2.80. The first-order chi connectivity index (χ1) is 9.01. The van der Waals surface area contributed by atoms with Crippen LogP contribution in [0.25, 0.3) is 0 Å². The number of hydrogen-bond acceptors (Lipinski definition) is 4. The van der Waals surface area contributed by atoms with Gasteiger partial charge in [0.1, 0.15) is 0 Å². The molecule has 0 saturated carbocycles. The fraction of sp³-hybridized carbons (Fsp3) is 0.571. The van der Waals surface area contributed by atoms with Crippen molar-refractivity contribution < 1.29 is 9.53 Å². The van der Waals surface area contributed by atoms with Crippen LogP contribution < -0.4 is 5.73 Å². The average molecular weight is 265 g/mol. The highest BCUT2D eigenvalue weighted by Crippen LogP contribution is 2.18. The van der Waals surface area contributed by atoms with Crippen LogP contribution in [0, 0.1) is 5.41 Å². The molecule has 1 rings (SSSR count). The number of nitrogens with zero attached hydrogens (tertiary/aromatic N) is 2. The van der Waals surface area contributed by atoms with Gasteiger partial charge in [0, 0.05) is 26.4 Å². The normalized spacial score (nSPS) is 11.4. The number of pyridine rings is 1. The molecule has 0 aromatic carbocycles. The third-order valence-electron chi connectivity index (χ3n) is 3.02. The van der Waals surface area contributed by atoms with Crippen LogP contribution in [0.3, 0.4) is 0 Å². The second kappa shape index (κ2) is 7.21. The van der Waals surface area contributed by atoms with Crippen molar-refractivity contribution in [2.45, 2.75) is 20.4 Å². The summed E-state index contributed by atoms with van der Waals surface area (Å²) in [4.78, 5) is 18.5. The van der Waals surface area contributed by atoms with E-state index >= 15 is 0 Å². The van der Waals surface area contributed by atoms with Crippen molar-refractivity contribution in [1.29, 1.82) is 0 Å². The van der Waals surface area contributed by atoms with E-state index in [4.69, 9.17) is 10.5 Å². The lowest BCUT2D eigenvalue weighted by atomic mass is 9.91. The first kappa shape index (κ1) is 15.6. The second-order valence-corrected chi connectivity index (χ2v) is 5.13. The first-order valence-electron chi connectivity index (χ1n) is 6.39. The van der Waals surface area contributed by atoms with Gasteiger partial charge in [-0.25, -0.2) is 0 Å². The van der Waals surface area contributed by atoms with E-state index in [1.807, 2.05) is 32.0 Å². The van der Waals surface area contributed by atoms with Gasteiger partial charge in [-0.1, -0.05) is 6.07 Å². The van der Waals surface area contributed by atoms with Gasteiger partial charge in [0.2, 0.25) is 5.91 Å². The Bertz CT molecular complexity index is 393. The molecule has 0 spiro atoms. The van der Waals surface area contributed by atoms with Crippen molar-refractivity contribution in [1.82, 2.24) is 9.88 Å². The predicted octanol–water partition coefficient (Wildman–Crippen LogP) is 1.04. The topological polar surface area (TPSA) is 68.5 Å². The number of hydrogen-bond donors (Lipinski definition) is 1. The van der Waals surface area contributed by atoms with Gasteiger partial charge in [0.15, 0.2) is 0 Å². The van der Waals surface area contributed by atoms with E-state index in [2.05, 4.69) is 4.98 Å². The van der Waals surface area contributed by atoms with Crippen molar-refractivity contribution in [2.24, 2.45) is 11.1 Å². The number of aromatic nitrogens is 1. The number of methoxy groups -OCH3 is 1. The minimum atomic E-state index is -0.567. The van der Waals surface area contributed by atoms with Gasteiger partial charge >= 0.3 is 0 Å². The van der Waals surface area contributed by atoms with E-state index in [1.54, 1.807) is 18.2 Å². The maximum Gasteiger partial charge on any atom is 0.229 e. The lowest BCUT2D eigenvalue weighted by molar-refractivity contribution is -0.141. The molecule has 5 heteroatoms. The van der Waals surface area contributed by atoms with Gasteiger partial charge < -0.3 is 15.4 Å². The van der Waals surface area contributed by atoms with Crippen molar-refractivity contribution in [3.63, 3.8) is 0 Å².